The Labute approximate surface area is 227 Å². The lowest BCUT2D eigenvalue weighted by Crippen LogP contribution is -2.30. The summed E-state index contributed by atoms with van der Waals surface area (Å²) < 4.78 is 57.3. The molecule has 2 atom stereocenters. The van der Waals surface area contributed by atoms with Crippen molar-refractivity contribution in [3.63, 3.8) is 0 Å². The van der Waals surface area contributed by atoms with Crippen LogP contribution in [0.3, 0.4) is 0 Å². The largest absolute Gasteiger partial charge is 0.573 e. The number of carboxylic acids is 1. The van der Waals surface area contributed by atoms with Gasteiger partial charge in [0.25, 0.3) is 5.89 Å². The zero-order valence-corrected chi connectivity index (χ0v) is 21.8. The molecule has 1 amide bonds. The van der Waals surface area contributed by atoms with Crippen molar-refractivity contribution in [2.45, 2.75) is 39.2 Å². The summed E-state index contributed by atoms with van der Waals surface area (Å²) in [6.45, 7) is 4.68. The van der Waals surface area contributed by atoms with Crippen LogP contribution in [-0.2, 0) is 16.1 Å². The minimum Gasteiger partial charge on any atom is -0.485 e. The number of hydrogen-bond acceptors (Lipinski definition) is 8. The molecule has 0 bridgehead atoms. The molecule has 0 aliphatic carbocycles. The van der Waals surface area contributed by atoms with Gasteiger partial charge in [-0.25, -0.2) is 4.79 Å². The highest BCUT2D eigenvalue weighted by Gasteiger charge is 2.38. The molecule has 0 saturated carbocycles. The highest BCUT2D eigenvalue weighted by Crippen LogP contribution is 2.36. The number of aromatic nitrogens is 2. The number of alkyl halides is 3. The summed E-state index contributed by atoms with van der Waals surface area (Å²) in [4.78, 5) is 29.8. The molecule has 13 heteroatoms. The minimum atomic E-state index is -4.79. The van der Waals surface area contributed by atoms with Gasteiger partial charge in [0.2, 0.25) is 5.82 Å². The fourth-order valence-electron chi connectivity index (χ4n) is 4.37. The van der Waals surface area contributed by atoms with E-state index in [4.69, 9.17) is 14.0 Å². The Morgan fingerprint density at radius 1 is 1.12 bits per heavy atom. The molecule has 0 unspecified atom stereocenters. The van der Waals surface area contributed by atoms with Crippen LogP contribution in [0, 0.1) is 11.8 Å². The van der Waals surface area contributed by atoms with Gasteiger partial charge in [-0.3, -0.25) is 4.79 Å². The summed E-state index contributed by atoms with van der Waals surface area (Å²) in [5.41, 5.74) is 1.22. The van der Waals surface area contributed by atoms with Gasteiger partial charge in [-0.15, -0.1) is 13.2 Å². The lowest BCUT2D eigenvalue weighted by atomic mass is 9.87. The first-order valence-electron chi connectivity index (χ1n) is 12.5. The van der Waals surface area contributed by atoms with Crippen LogP contribution in [0.15, 0.2) is 53.1 Å². The smallest absolute Gasteiger partial charge is 0.485 e. The number of likely N-dealkylation sites (tertiary alicyclic amines) is 1. The van der Waals surface area contributed by atoms with Gasteiger partial charge in [0.15, 0.2) is 6.61 Å². The van der Waals surface area contributed by atoms with E-state index in [1.807, 2.05) is 19.9 Å². The number of halogens is 3. The Kier molecular flexibility index (Phi) is 8.80. The van der Waals surface area contributed by atoms with Crippen molar-refractivity contribution in [3.05, 3.63) is 59.9 Å². The molecule has 214 valence electrons. The SMILES string of the molecule is CC(C)COC(=O)N1C[C@H](CC(=O)O)[C@H](c2cccc(OCc3noc(-c4ccc(OC(F)(F)F)cc4)n3)c2)C1. The molecule has 10 nitrogen and oxygen atoms in total. The van der Waals surface area contributed by atoms with E-state index in [2.05, 4.69) is 14.9 Å². The number of ether oxygens (including phenoxy) is 3. The van der Waals surface area contributed by atoms with E-state index < -0.39 is 18.4 Å². The van der Waals surface area contributed by atoms with Gasteiger partial charge in [-0.2, -0.15) is 4.98 Å². The molecule has 0 spiro atoms. The predicted molar refractivity (Wildman–Crippen MR) is 133 cm³/mol. The van der Waals surface area contributed by atoms with E-state index in [0.29, 0.717) is 17.9 Å². The average molecular weight is 564 g/mol. The van der Waals surface area contributed by atoms with Crippen LogP contribution >= 0.6 is 0 Å². The van der Waals surface area contributed by atoms with Crippen molar-refractivity contribution in [2.24, 2.45) is 11.8 Å². The highest BCUT2D eigenvalue weighted by molar-refractivity contribution is 5.70. The maximum Gasteiger partial charge on any atom is 0.573 e. The zero-order chi connectivity index (χ0) is 28.9. The number of rotatable bonds is 10. The van der Waals surface area contributed by atoms with Gasteiger partial charge in [0, 0.05) is 24.6 Å². The van der Waals surface area contributed by atoms with Crippen LogP contribution in [0.5, 0.6) is 11.5 Å². The molecule has 2 heterocycles. The maximum atomic E-state index is 12.5. The first-order valence-corrected chi connectivity index (χ1v) is 12.5. The van der Waals surface area contributed by atoms with Gasteiger partial charge >= 0.3 is 18.4 Å². The standard InChI is InChI=1S/C27H28F3N3O7/c1-16(2)14-38-26(36)33-12-19(11-24(34)35)22(13-33)18-4-3-5-21(10-18)37-15-23-31-25(40-32-23)17-6-8-20(9-7-17)39-27(28,29)30/h3-10,16,19,22H,11-15H2,1-2H3,(H,34,35)/t19-,22-/m0/s1. The zero-order valence-electron chi connectivity index (χ0n) is 21.8. The van der Waals surface area contributed by atoms with Crippen LogP contribution in [0.1, 0.15) is 37.6 Å². The number of carbonyl (C=O) groups excluding carboxylic acids is 1. The first-order chi connectivity index (χ1) is 19.0. The highest BCUT2D eigenvalue weighted by atomic mass is 19.4. The predicted octanol–water partition coefficient (Wildman–Crippen LogP) is 5.50. The van der Waals surface area contributed by atoms with E-state index in [0.717, 1.165) is 17.7 Å². The lowest BCUT2D eigenvalue weighted by Gasteiger charge is -2.18. The Bertz CT molecular complexity index is 1310. The summed E-state index contributed by atoms with van der Waals surface area (Å²) in [7, 11) is 0. The molecule has 1 aliphatic rings. The maximum absolute atomic E-state index is 12.5. The number of carboxylic acid groups (broad SMARTS) is 1. The van der Waals surface area contributed by atoms with Crippen molar-refractivity contribution in [1.29, 1.82) is 0 Å². The Morgan fingerprint density at radius 2 is 1.88 bits per heavy atom. The van der Waals surface area contributed by atoms with Gasteiger partial charge in [0.05, 0.1) is 13.0 Å². The normalized spacial score (nSPS) is 17.2. The van der Waals surface area contributed by atoms with E-state index in [1.165, 1.54) is 17.0 Å². The summed E-state index contributed by atoms with van der Waals surface area (Å²) >= 11 is 0. The molecule has 4 rings (SSSR count). The third-order valence-electron chi connectivity index (χ3n) is 6.13. The van der Waals surface area contributed by atoms with Crippen molar-refractivity contribution in [2.75, 3.05) is 19.7 Å². The summed E-state index contributed by atoms with van der Waals surface area (Å²) in [5, 5.41) is 13.3. The van der Waals surface area contributed by atoms with Crippen LogP contribution in [-0.4, -0.2) is 58.3 Å². The number of amides is 1. The monoisotopic (exact) mass is 563 g/mol. The van der Waals surface area contributed by atoms with Crippen LogP contribution in [0.25, 0.3) is 11.5 Å². The molecule has 1 fully saturated rings. The fourth-order valence-corrected chi connectivity index (χ4v) is 4.37. The Balaban J connectivity index is 1.40. The Morgan fingerprint density at radius 3 is 2.55 bits per heavy atom. The lowest BCUT2D eigenvalue weighted by molar-refractivity contribution is -0.274. The number of carbonyl (C=O) groups is 2. The summed E-state index contributed by atoms with van der Waals surface area (Å²) in [6.07, 6.45) is -5.35. The second-order valence-corrected chi connectivity index (χ2v) is 9.79. The minimum absolute atomic E-state index is 0.0565. The summed E-state index contributed by atoms with van der Waals surface area (Å²) in [5.74, 6) is -0.887. The van der Waals surface area contributed by atoms with Crippen molar-refractivity contribution in [3.8, 4) is 23.0 Å². The second-order valence-electron chi connectivity index (χ2n) is 9.79. The van der Waals surface area contributed by atoms with Crippen molar-refractivity contribution in [1.82, 2.24) is 15.0 Å². The molecule has 1 aromatic heterocycles. The number of aliphatic carboxylic acids is 1. The molecule has 1 N–H and O–H groups in total. The molecule has 2 aromatic carbocycles. The molecular weight excluding hydrogens is 535 g/mol. The first kappa shape index (κ1) is 28.7. The van der Waals surface area contributed by atoms with E-state index >= 15 is 0 Å². The molecule has 1 aliphatic heterocycles. The van der Waals surface area contributed by atoms with Crippen LogP contribution in [0.2, 0.25) is 0 Å². The van der Waals surface area contributed by atoms with E-state index in [9.17, 15) is 27.9 Å². The molecular formula is C27H28F3N3O7. The topological polar surface area (TPSA) is 124 Å². The molecule has 1 saturated heterocycles. The van der Waals surface area contributed by atoms with Gasteiger partial charge in [-0.1, -0.05) is 31.1 Å². The van der Waals surface area contributed by atoms with Crippen LogP contribution < -0.4 is 9.47 Å². The van der Waals surface area contributed by atoms with E-state index in [-0.39, 0.29) is 61.4 Å². The van der Waals surface area contributed by atoms with Crippen molar-refractivity contribution < 1.29 is 46.6 Å². The number of hydrogen-bond donors (Lipinski definition) is 1. The van der Waals surface area contributed by atoms with Gasteiger partial charge in [0.1, 0.15) is 11.5 Å². The van der Waals surface area contributed by atoms with Gasteiger partial charge < -0.3 is 28.7 Å². The number of benzene rings is 2. The second kappa shape index (κ2) is 12.3. The molecule has 3 aromatic rings. The van der Waals surface area contributed by atoms with E-state index in [1.54, 1.807) is 18.2 Å². The Hall–Kier alpha value is -4.29. The van der Waals surface area contributed by atoms with Gasteiger partial charge in [-0.05, 0) is 53.8 Å². The van der Waals surface area contributed by atoms with Crippen LogP contribution in [0.4, 0.5) is 18.0 Å². The quantitative estimate of drug-likeness (QED) is 0.341. The fraction of sp³-hybridized carbons (Fsp3) is 0.407. The molecule has 0 radical (unpaired) electrons. The molecule has 40 heavy (non-hydrogen) atoms. The third kappa shape index (κ3) is 7.87. The summed E-state index contributed by atoms with van der Waals surface area (Å²) in [6, 6.07) is 12.1. The third-order valence-corrected chi connectivity index (χ3v) is 6.13. The van der Waals surface area contributed by atoms with Crippen molar-refractivity contribution >= 4 is 12.1 Å². The average Bonchev–Trinajstić information content (AvgIpc) is 3.53. The number of nitrogens with zero attached hydrogens (tertiary/aromatic N) is 3.